The van der Waals surface area contributed by atoms with Crippen LogP contribution in [-0.4, -0.2) is 18.0 Å². The van der Waals surface area contributed by atoms with E-state index in [1.165, 1.54) is 0 Å². The Hall–Kier alpha value is -1.20. The third-order valence-electron chi connectivity index (χ3n) is 4.32. The van der Waals surface area contributed by atoms with Crippen LogP contribution in [0, 0.1) is 0 Å². The van der Waals surface area contributed by atoms with Crippen molar-refractivity contribution in [3.63, 3.8) is 0 Å². The van der Waals surface area contributed by atoms with Crippen molar-refractivity contribution in [1.82, 2.24) is 4.06 Å². The number of carbonyl (C=O) groups excluding carboxylic acids is 1. The van der Waals surface area contributed by atoms with Crippen LogP contribution in [-0.2, 0) is 25.8 Å². The molecule has 0 radical (unpaired) electrons. The molecular formula is C20H16Cl3NO2SiZn. The van der Waals surface area contributed by atoms with Gasteiger partial charge in [0.15, 0.2) is 0 Å². The molecule has 0 unspecified atom stereocenters. The van der Waals surface area contributed by atoms with E-state index >= 15 is 0 Å². The molecule has 3 rings (SSSR count). The summed E-state index contributed by atoms with van der Waals surface area (Å²) >= 11 is 15.0. The van der Waals surface area contributed by atoms with Gasteiger partial charge in [0.1, 0.15) is 0 Å². The van der Waals surface area contributed by atoms with Crippen molar-refractivity contribution in [3.05, 3.63) is 91.0 Å². The molecule has 0 saturated carbocycles. The molecule has 28 heavy (non-hydrogen) atoms. The molecule has 0 aliphatic rings. The molecule has 0 atom stereocenters. The van der Waals surface area contributed by atoms with Crippen molar-refractivity contribution < 1.29 is 25.8 Å². The van der Waals surface area contributed by atoms with Gasteiger partial charge in [0, 0.05) is 0 Å². The van der Waals surface area contributed by atoms with Gasteiger partial charge >= 0.3 is 189 Å². The van der Waals surface area contributed by atoms with Crippen LogP contribution in [0.4, 0.5) is 0 Å². The Kier molecular flexibility index (Phi) is 7.32. The van der Waals surface area contributed by atoms with Crippen LogP contribution in [0.1, 0.15) is 0 Å². The van der Waals surface area contributed by atoms with Gasteiger partial charge in [-0.25, -0.2) is 0 Å². The third kappa shape index (κ3) is 4.85. The van der Waals surface area contributed by atoms with Crippen molar-refractivity contribution >= 4 is 64.6 Å². The molecule has 0 spiro atoms. The zero-order valence-electron chi connectivity index (χ0n) is 14.8. The number of hydrogen-bond donors (Lipinski definition) is 1. The predicted octanol–water partition coefficient (Wildman–Crippen LogP) is 3.07. The molecule has 1 amide bonds. The fourth-order valence-electron chi connectivity index (χ4n) is 3.08. The second kappa shape index (κ2) is 9.53. The summed E-state index contributed by atoms with van der Waals surface area (Å²) in [7, 11) is -2.81. The number of hydrogen-bond acceptors (Lipinski definition) is 2. The van der Waals surface area contributed by atoms with Crippen LogP contribution >= 0.6 is 34.8 Å². The summed E-state index contributed by atoms with van der Waals surface area (Å²) in [6.07, 6.45) is 0. The first-order valence-corrected chi connectivity index (χ1v) is 14.3. The summed E-state index contributed by atoms with van der Waals surface area (Å²) < 4.78 is 7.43. The van der Waals surface area contributed by atoms with Crippen LogP contribution in [0.3, 0.4) is 0 Å². The van der Waals surface area contributed by atoms with Gasteiger partial charge in [0.2, 0.25) is 0 Å². The quantitative estimate of drug-likeness (QED) is 0.320. The zero-order valence-corrected chi connectivity index (χ0v) is 21.1. The van der Waals surface area contributed by atoms with Crippen molar-refractivity contribution in [2.24, 2.45) is 0 Å². The van der Waals surface area contributed by atoms with Crippen molar-refractivity contribution in [3.8, 4) is 0 Å². The van der Waals surface area contributed by atoms with Crippen LogP contribution in [0.5, 0.6) is 0 Å². The van der Waals surface area contributed by atoms with Gasteiger partial charge < -0.3 is 0 Å². The van der Waals surface area contributed by atoms with Crippen LogP contribution < -0.4 is 19.6 Å². The molecule has 140 valence electrons. The summed E-state index contributed by atoms with van der Waals surface area (Å²) in [6.45, 7) is 0. The van der Waals surface area contributed by atoms with Gasteiger partial charge in [-0.15, -0.1) is 0 Å². The Balaban J connectivity index is 2.08. The molecule has 8 heteroatoms. The predicted molar refractivity (Wildman–Crippen MR) is 113 cm³/mol. The minimum absolute atomic E-state index is 0.644. The van der Waals surface area contributed by atoms with Crippen molar-refractivity contribution in [2.45, 2.75) is 3.79 Å². The first kappa shape index (κ1) is 21.5. The standard InChI is InChI=1S/C18H15OSi.C2H2Cl3NO.Zn/c19-20(16-10-4-1-5-11-16,17-12-6-2-7-13-17)18-14-8-3-9-15-18;3-2(4,5)1(6)7;/h1-15H;(H2,6,7);/q-1;;+2/p-1. The molecule has 3 aromatic carbocycles. The molecule has 0 bridgehead atoms. The molecule has 0 fully saturated rings. The van der Waals surface area contributed by atoms with Gasteiger partial charge in [0.05, 0.1) is 0 Å². The van der Waals surface area contributed by atoms with E-state index < -0.39 is 35.7 Å². The topological polar surface area (TPSA) is 38.3 Å². The second-order valence-electron chi connectivity index (χ2n) is 6.07. The Morgan fingerprint density at radius 1 is 0.750 bits per heavy atom. The normalized spacial score (nSPS) is 11.5. The van der Waals surface area contributed by atoms with E-state index in [0.717, 1.165) is 15.6 Å². The average Bonchev–Trinajstić information content (AvgIpc) is 2.72. The fourth-order valence-corrected chi connectivity index (χ4v) is 13.6. The molecule has 3 nitrogen and oxygen atoms in total. The van der Waals surface area contributed by atoms with E-state index in [0.29, 0.717) is 0 Å². The minimum atomic E-state index is -2.81. The molecule has 0 saturated heterocycles. The Morgan fingerprint density at radius 3 is 1.43 bits per heavy atom. The van der Waals surface area contributed by atoms with Gasteiger partial charge in [-0.05, 0) is 0 Å². The van der Waals surface area contributed by atoms with Gasteiger partial charge in [-0.2, -0.15) is 0 Å². The molecule has 3 aromatic rings. The summed E-state index contributed by atoms with van der Waals surface area (Å²) in [5.41, 5.74) is 0. The molecule has 0 aliphatic heterocycles. The van der Waals surface area contributed by atoms with E-state index in [1.807, 2.05) is 54.6 Å². The molecule has 0 aliphatic carbocycles. The molecule has 1 N–H and O–H groups in total. The van der Waals surface area contributed by atoms with E-state index in [9.17, 15) is 4.79 Å². The van der Waals surface area contributed by atoms with E-state index in [-0.39, 0.29) is 0 Å². The first-order valence-electron chi connectivity index (χ1n) is 8.60. The van der Waals surface area contributed by atoms with Gasteiger partial charge in [-0.1, -0.05) is 0 Å². The summed E-state index contributed by atoms with van der Waals surface area (Å²) in [5.74, 6) is -0.644. The third-order valence-corrected chi connectivity index (χ3v) is 13.5. The monoisotopic (exact) mass is 499 g/mol. The number of carbonyl (C=O) groups is 1. The van der Waals surface area contributed by atoms with Crippen LogP contribution in [0.25, 0.3) is 0 Å². The summed E-state index contributed by atoms with van der Waals surface area (Å²) in [6, 6.07) is 30.4. The Labute approximate surface area is 188 Å². The van der Waals surface area contributed by atoms with Gasteiger partial charge in [-0.3, -0.25) is 0 Å². The number of alkyl halides is 3. The van der Waals surface area contributed by atoms with E-state index in [1.54, 1.807) is 0 Å². The zero-order chi connectivity index (χ0) is 20.0. The Morgan fingerprint density at radius 2 is 1.11 bits per heavy atom. The number of halogens is 3. The maximum atomic E-state index is 12.0. The van der Waals surface area contributed by atoms with Gasteiger partial charge in [0.25, 0.3) is 0 Å². The fraction of sp³-hybridized carbons (Fsp3) is 0.0500. The molecular weight excluding hydrogens is 486 g/mol. The average molecular weight is 502 g/mol. The van der Waals surface area contributed by atoms with Crippen molar-refractivity contribution in [2.75, 3.05) is 0 Å². The van der Waals surface area contributed by atoms with E-state index in [2.05, 4.69) is 40.5 Å². The number of nitrogens with one attached hydrogen (secondary N) is 1. The molecule has 0 heterocycles. The Bertz CT molecular complexity index is 812. The SMILES string of the molecule is O=C([NH][Zn][O][Si](c1ccccc1)(c1ccccc1)c1ccccc1)C(Cl)(Cl)Cl. The van der Waals surface area contributed by atoms with Crippen LogP contribution in [0.2, 0.25) is 0 Å². The second-order valence-corrected chi connectivity index (χ2v) is 14.9. The van der Waals surface area contributed by atoms with E-state index in [4.69, 9.17) is 38.1 Å². The summed E-state index contributed by atoms with van der Waals surface area (Å²) in [5, 5.41) is 3.29. The summed E-state index contributed by atoms with van der Waals surface area (Å²) in [4.78, 5) is 12.0. The van der Waals surface area contributed by atoms with Crippen molar-refractivity contribution in [1.29, 1.82) is 0 Å². The number of benzene rings is 3. The number of amides is 1. The first-order chi connectivity index (χ1) is 13.4. The number of rotatable bonds is 6. The maximum absolute atomic E-state index is 12.0. The van der Waals surface area contributed by atoms with Crippen LogP contribution in [0.15, 0.2) is 91.0 Å². The molecule has 0 aromatic heterocycles.